The third kappa shape index (κ3) is 3.70. The predicted octanol–water partition coefficient (Wildman–Crippen LogP) is 1.78. The van der Waals surface area contributed by atoms with Gasteiger partial charge in [-0.15, -0.1) is 11.3 Å². The number of ether oxygens (including phenoxy) is 1. The molecule has 0 saturated carbocycles. The number of nitrogens with two attached hydrogens (primary N) is 1. The van der Waals surface area contributed by atoms with Crippen molar-refractivity contribution >= 4 is 33.6 Å². The van der Waals surface area contributed by atoms with Gasteiger partial charge in [-0.25, -0.2) is 14.2 Å². The van der Waals surface area contributed by atoms with Gasteiger partial charge in [0.25, 0.3) is 5.56 Å². The summed E-state index contributed by atoms with van der Waals surface area (Å²) in [5, 5.41) is 0.397. The molecule has 0 unspecified atom stereocenters. The summed E-state index contributed by atoms with van der Waals surface area (Å²) >= 11 is 1.24. The van der Waals surface area contributed by atoms with Crippen LogP contribution in [0.2, 0.25) is 0 Å². The first-order valence-electron chi connectivity index (χ1n) is 10.4. The summed E-state index contributed by atoms with van der Waals surface area (Å²) in [6, 6.07) is 7.18. The molecule has 0 atom stereocenters. The lowest BCUT2D eigenvalue weighted by Gasteiger charge is -2.25. The molecule has 168 valence electrons. The van der Waals surface area contributed by atoms with Crippen LogP contribution in [0.5, 0.6) is 0 Å². The maximum absolute atomic E-state index is 13.5. The molecule has 0 saturated heterocycles. The standard InChI is InChI=1S/C22H24N4O5S/c1-3-13-5-7-14(8-6-13)26-19(28)18-15-9-10-24(22(30)31-4-2)11-16(15)32-20(18)25(21(26)29)12-17(23)27/h5-8H,3-4,9-12H2,1-2H3,(H2,23,27). The van der Waals surface area contributed by atoms with E-state index >= 15 is 0 Å². The molecular formula is C22H24N4O5S. The third-order valence-electron chi connectivity index (χ3n) is 5.57. The molecule has 3 aromatic rings. The number of aryl methyl sites for hydroxylation is 1. The van der Waals surface area contributed by atoms with E-state index in [-0.39, 0.29) is 19.7 Å². The number of nitrogens with zero attached hydrogens (tertiary/aromatic N) is 3. The Morgan fingerprint density at radius 2 is 1.88 bits per heavy atom. The molecule has 4 rings (SSSR count). The van der Waals surface area contributed by atoms with Crippen LogP contribution >= 0.6 is 11.3 Å². The molecule has 1 aliphatic rings. The Bertz CT molecular complexity index is 1320. The Morgan fingerprint density at radius 3 is 2.50 bits per heavy atom. The lowest BCUT2D eigenvalue weighted by Crippen LogP contribution is -2.41. The highest BCUT2D eigenvalue weighted by atomic mass is 32.1. The van der Waals surface area contributed by atoms with Crippen LogP contribution in [0.15, 0.2) is 33.9 Å². The highest BCUT2D eigenvalue weighted by Gasteiger charge is 2.29. The van der Waals surface area contributed by atoms with E-state index in [4.69, 9.17) is 10.5 Å². The van der Waals surface area contributed by atoms with Gasteiger partial charge < -0.3 is 15.4 Å². The molecule has 2 amide bonds. The van der Waals surface area contributed by atoms with E-state index in [9.17, 15) is 19.2 Å². The molecule has 0 radical (unpaired) electrons. The number of hydrogen-bond acceptors (Lipinski definition) is 6. The van der Waals surface area contributed by atoms with Crippen molar-refractivity contribution in [3.8, 4) is 5.69 Å². The maximum atomic E-state index is 13.5. The van der Waals surface area contributed by atoms with E-state index in [1.165, 1.54) is 15.9 Å². The number of amides is 2. The first-order chi connectivity index (χ1) is 15.3. The first-order valence-corrected chi connectivity index (χ1v) is 11.3. The van der Waals surface area contributed by atoms with Gasteiger partial charge in [0, 0.05) is 11.4 Å². The van der Waals surface area contributed by atoms with E-state index in [2.05, 4.69) is 0 Å². The summed E-state index contributed by atoms with van der Waals surface area (Å²) < 4.78 is 7.44. The van der Waals surface area contributed by atoms with E-state index in [0.717, 1.165) is 27.0 Å². The number of aromatic nitrogens is 2. The van der Waals surface area contributed by atoms with Gasteiger partial charge in [0.2, 0.25) is 5.91 Å². The molecule has 2 N–H and O–H groups in total. The monoisotopic (exact) mass is 456 g/mol. The molecule has 0 bridgehead atoms. The quantitative estimate of drug-likeness (QED) is 0.628. The van der Waals surface area contributed by atoms with E-state index in [0.29, 0.717) is 28.9 Å². The highest BCUT2D eigenvalue weighted by Crippen LogP contribution is 2.33. The largest absolute Gasteiger partial charge is 0.450 e. The Balaban J connectivity index is 1.94. The van der Waals surface area contributed by atoms with Crippen molar-refractivity contribution in [1.29, 1.82) is 0 Å². The summed E-state index contributed by atoms with van der Waals surface area (Å²) in [6.07, 6.45) is 0.862. The molecule has 0 fully saturated rings. The average Bonchev–Trinajstić information content (AvgIpc) is 3.16. The predicted molar refractivity (Wildman–Crippen MR) is 121 cm³/mol. The summed E-state index contributed by atoms with van der Waals surface area (Å²) in [7, 11) is 0. The van der Waals surface area contributed by atoms with Gasteiger partial charge in [0.1, 0.15) is 11.4 Å². The number of benzene rings is 1. The molecule has 3 heterocycles. The lowest BCUT2D eigenvalue weighted by molar-refractivity contribution is -0.118. The molecule has 32 heavy (non-hydrogen) atoms. The van der Waals surface area contributed by atoms with Crippen molar-refractivity contribution in [2.75, 3.05) is 13.2 Å². The third-order valence-corrected chi connectivity index (χ3v) is 6.81. The fourth-order valence-corrected chi connectivity index (χ4v) is 5.33. The van der Waals surface area contributed by atoms with Gasteiger partial charge in [-0.05, 0) is 43.0 Å². The second kappa shape index (κ2) is 8.62. The Labute approximate surface area is 187 Å². The van der Waals surface area contributed by atoms with Crippen LogP contribution in [-0.2, 0) is 35.5 Å². The fourth-order valence-electron chi connectivity index (χ4n) is 3.98. The number of primary amides is 1. The Kier molecular flexibility index (Phi) is 5.88. The zero-order valence-electron chi connectivity index (χ0n) is 17.9. The van der Waals surface area contributed by atoms with Crippen LogP contribution in [0.4, 0.5) is 4.79 Å². The minimum atomic E-state index is -0.681. The van der Waals surface area contributed by atoms with Gasteiger partial charge in [-0.3, -0.25) is 14.2 Å². The van der Waals surface area contributed by atoms with Crippen molar-refractivity contribution < 1.29 is 14.3 Å². The van der Waals surface area contributed by atoms with E-state index in [1.807, 2.05) is 19.1 Å². The number of rotatable bonds is 5. The van der Waals surface area contributed by atoms with Crippen LogP contribution in [0.3, 0.4) is 0 Å². The molecule has 10 heteroatoms. The summed E-state index contributed by atoms with van der Waals surface area (Å²) in [4.78, 5) is 53.5. The van der Waals surface area contributed by atoms with Crippen molar-refractivity contribution in [3.63, 3.8) is 0 Å². The van der Waals surface area contributed by atoms with Crippen molar-refractivity contribution in [2.24, 2.45) is 5.73 Å². The second-order valence-corrected chi connectivity index (χ2v) is 8.63. The number of fused-ring (bicyclic) bond motifs is 3. The zero-order valence-corrected chi connectivity index (χ0v) is 18.7. The Hall–Kier alpha value is -3.40. The minimum absolute atomic E-state index is 0.272. The number of carbonyl (C=O) groups is 2. The van der Waals surface area contributed by atoms with Gasteiger partial charge in [0.15, 0.2) is 0 Å². The van der Waals surface area contributed by atoms with Crippen LogP contribution in [0.1, 0.15) is 29.9 Å². The normalized spacial score (nSPS) is 13.2. The molecule has 1 aromatic carbocycles. The van der Waals surface area contributed by atoms with Gasteiger partial charge >= 0.3 is 11.8 Å². The molecular weight excluding hydrogens is 432 g/mol. The second-order valence-electron chi connectivity index (χ2n) is 7.55. The molecule has 9 nitrogen and oxygen atoms in total. The minimum Gasteiger partial charge on any atom is -0.450 e. The van der Waals surface area contributed by atoms with Gasteiger partial charge in [-0.2, -0.15) is 0 Å². The number of hydrogen-bond donors (Lipinski definition) is 1. The first kappa shape index (κ1) is 21.8. The summed E-state index contributed by atoms with van der Waals surface area (Å²) in [5.41, 5.74) is 6.67. The number of carbonyl (C=O) groups excluding carboxylic acids is 2. The van der Waals surface area contributed by atoms with Crippen molar-refractivity contribution in [2.45, 2.75) is 39.8 Å². The summed E-state index contributed by atoms with van der Waals surface area (Å²) in [6.45, 7) is 4.37. The van der Waals surface area contributed by atoms with Crippen molar-refractivity contribution in [3.05, 3.63) is 61.1 Å². The van der Waals surface area contributed by atoms with Gasteiger partial charge in [-0.1, -0.05) is 19.1 Å². The average molecular weight is 457 g/mol. The van der Waals surface area contributed by atoms with Gasteiger partial charge in [0.05, 0.1) is 24.2 Å². The van der Waals surface area contributed by atoms with Crippen molar-refractivity contribution in [1.82, 2.24) is 14.0 Å². The maximum Gasteiger partial charge on any atom is 0.410 e. The summed E-state index contributed by atoms with van der Waals surface area (Å²) in [5.74, 6) is -0.681. The van der Waals surface area contributed by atoms with E-state index in [1.54, 1.807) is 24.0 Å². The van der Waals surface area contributed by atoms with Crippen LogP contribution < -0.4 is 17.0 Å². The van der Waals surface area contributed by atoms with Crippen LogP contribution in [0.25, 0.3) is 15.9 Å². The molecule has 1 aliphatic heterocycles. The molecule has 0 spiro atoms. The highest BCUT2D eigenvalue weighted by molar-refractivity contribution is 7.18. The smallest absolute Gasteiger partial charge is 0.410 e. The SMILES string of the molecule is CCOC(=O)N1CCc2c(sc3c2c(=O)n(-c2ccc(CC)cc2)c(=O)n3CC(N)=O)C1. The molecule has 0 aliphatic carbocycles. The lowest BCUT2D eigenvalue weighted by atomic mass is 10.1. The fraction of sp³-hybridized carbons (Fsp3) is 0.364. The van der Waals surface area contributed by atoms with Crippen LogP contribution in [0, 0.1) is 0 Å². The topological polar surface area (TPSA) is 117 Å². The van der Waals surface area contributed by atoms with E-state index < -0.39 is 23.2 Å². The Morgan fingerprint density at radius 1 is 1.16 bits per heavy atom. The number of thiophene rings is 1. The van der Waals surface area contributed by atoms with Crippen LogP contribution in [-0.4, -0.2) is 39.2 Å². The zero-order chi connectivity index (χ0) is 23.0. The molecule has 2 aromatic heterocycles.